The van der Waals surface area contributed by atoms with E-state index >= 15 is 0 Å². The molecule has 0 saturated carbocycles. The van der Waals surface area contributed by atoms with Gasteiger partial charge in [-0.05, 0) is 43.4 Å². The van der Waals surface area contributed by atoms with E-state index in [9.17, 15) is 4.79 Å². The van der Waals surface area contributed by atoms with Crippen LogP contribution >= 0.6 is 0 Å². The van der Waals surface area contributed by atoms with Crippen molar-refractivity contribution in [2.75, 3.05) is 13.2 Å². The van der Waals surface area contributed by atoms with E-state index in [1.54, 1.807) is 0 Å². The summed E-state index contributed by atoms with van der Waals surface area (Å²) in [5, 5.41) is 2.88. The first-order valence-corrected chi connectivity index (χ1v) is 8.42. The second kappa shape index (κ2) is 10.0. The molecule has 1 aliphatic carbocycles. The maximum absolute atomic E-state index is 11.9. The van der Waals surface area contributed by atoms with Crippen LogP contribution in [0.25, 0.3) is 0 Å². The van der Waals surface area contributed by atoms with Gasteiger partial charge in [0.1, 0.15) is 12.7 Å². The van der Waals surface area contributed by atoms with E-state index in [1.807, 2.05) is 12.1 Å². The van der Waals surface area contributed by atoms with Crippen molar-refractivity contribution in [1.82, 2.24) is 5.32 Å². The van der Waals surface area contributed by atoms with Crippen molar-refractivity contribution in [3.05, 3.63) is 35.4 Å². The average Bonchev–Trinajstić information content (AvgIpc) is 2.53. The molecule has 0 aliphatic heterocycles. The standard InChI is InChI=1S/C19H26N2O2/c20-13-12-16-8-10-17(11-9-16)14-21-19(22)15-23-18-6-4-2-1-3-5-7-18/h8-11,18H,1-4,6,12-15,20H2,(H,21,22). The summed E-state index contributed by atoms with van der Waals surface area (Å²) in [4.78, 5) is 11.9. The molecule has 3 N–H and O–H groups in total. The molecule has 4 heteroatoms. The number of nitrogens with one attached hydrogen (secondary N) is 1. The van der Waals surface area contributed by atoms with Gasteiger partial charge in [0.25, 0.3) is 0 Å². The number of benzene rings is 1. The largest absolute Gasteiger partial charge is 0.356 e. The molecule has 0 spiro atoms. The highest BCUT2D eigenvalue weighted by Gasteiger charge is 2.10. The molecule has 0 heterocycles. The van der Waals surface area contributed by atoms with Gasteiger partial charge in [-0.1, -0.05) is 36.6 Å². The summed E-state index contributed by atoms with van der Waals surface area (Å²) < 4.78 is 5.62. The molecule has 0 aromatic heterocycles. The van der Waals surface area contributed by atoms with E-state index in [1.165, 1.54) is 18.4 Å². The normalized spacial score (nSPS) is 17.5. The molecule has 0 fully saturated rings. The van der Waals surface area contributed by atoms with E-state index in [4.69, 9.17) is 10.5 Å². The fraction of sp³-hybridized carbons (Fsp3) is 0.526. The third-order valence-corrected chi connectivity index (χ3v) is 3.89. The highest BCUT2D eigenvalue weighted by molar-refractivity contribution is 5.77. The second-order valence-corrected chi connectivity index (χ2v) is 5.85. The van der Waals surface area contributed by atoms with Gasteiger partial charge in [0.05, 0.1) is 0 Å². The first kappa shape index (κ1) is 17.5. The zero-order chi connectivity index (χ0) is 16.3. The van der Waals surface area contributed by atoms with Crippen LogP contribution < -0.4 is 11.1 Å². The summed E-state index contributed by atoms with van der Waals surface area (Å²) in [7, 11) is 0. The van der Waals surface area contributed by atoms with Gasteiger partial charge < -0.3 is 15.8 Å². The molecule has 1 amide bonds. The van der Waals surface area contributed by atoms with Crippen molar-refractivity contribution < 1.29 is 9.53 Å². The Morgan fingerprint density at radius 1 is 1.22 bits per heavy atom. The lowest BCUT2D eigenvalue weighted by Crippen LogP contribution is -2.29. The molecule has 124 valence electrons. The fourth-order valence-corrected chi connectivity index (χ4v) is 2.52. The van der Waals surface area contributed by atoms with Gasteiger partial charge in [-0.3, -0.25) is 4.79 Å². The SMILES string of the molecule is NCCc1ccc(CNC(=O)COC2C#CCCCCC2)cc1. The molecule has 4 nitrogen and oxygen atoms in total. The lowest BCUT2D eigenvalue weighted by molar-refractivity contribution is -0.127. The van der Waals surface area contributed by atoms with E-state index < -0.39 is 0 Å². The van der Waals surface area contributed by atoms with Crippen LogP contribution in [0.5, 0.6) is 0 Å². The van der Waals surface area contributed by atoms with Crippen molar-refractivity contribution in [2.45, 2.75) is 51.2 Å². The van der Waals surface area contributed by atoms with Crippen LogP contribution in [0.15, 0.2) is 24.3 Å². The highest BCUT2D eigenvalue weighted by Crippen LogP contribution is 2.10. The molecule has 1 aliphatic rings. The fourth-order valence-electron chi connectivity index (χ4n) is 2.52. The lowest BCUT2D eigenvalue weighted by atomic mass is 10.1. The van der Waals surface area contributed by atoms with E-state index in [0.29, 0.717) is 13.1 Å². The highest BCUT2D eigenvalue weighted by atomic mass is 16.5. The van der Waals surface area contributed by atoms with Crippen molar-refractivity contribution in [3.63, 3.8) is 0 Å². The van der Waals surface area contributed by atoms with Crippen LogP contribution in [0, 0.1) is 11.8 Å². The topological polar surface area (TPSA) is 64.3 Å². The summed E-state index contributed by atoms with van der Waals surface area (Å²) in [6.07, 6.45) is 6.12. The van der Waals surface area contributed by atoms with Gasteiger partial charge in [0, 0.05) is 13.0 Å². The first-order valence-electron chi connectivity index (χ1n) is 8.42. The maximum Gasteiger partial charge on any atom is 0.246 e. The number of rotatable bonds is 7. The number of nitrogens with two attached hydrogens (primary N) is 1. The minimum absolute atomic E-state index is 0.0740. The Labute approximate surface area is 138 Å². The molecule has 1 aromatic rings. The number of hydrogen-bond acceptors (Lipinski definition) is 3. The number of carbonyl (C=O) groups excluding carboxylic acids is 1. The summed E-state index contributed by atoms with van der Waals surface area (Å²) in [5.41, 5.74) is 7.82. The molecular formula is C19H26N2O2. The molecule has 2 rings (SSSR count). The molecule has 23 heavy (non-hydrogen) atoms. The van der Waals surface area contributed by atoms with Gasteiger partial charge in [-0.2, -0.15) is 0 Å². The Balaban J connectivity index is 1.69. The molecule has 1 aromatic carbocycles. The van der Waals surface area contributed by atoms with Crippen LogP contribution in [0.4, 0.5) is 0 Å². The summed E-state index contributed by atoms with van der Waals surface area (Å²) in [6.45, 7) is 1.24. The van der Waals surface area contributed by atoms with E-state index in [0.717, 1.165) is 31.2 Å². The quantitative estimate of drug-likeness (QED) is 0.758. The number of carbonyl (C=O) groups is 1. The number of ether oxygens (including phenoxy) is 1. The Morgan fingerprint density at radius 3 is 2.78 bits per heavy atom. The molecule has 1 atom stereocenters. The average molecular weight is 314 g/mol. The molecular weight excluding hydrogens is 288 g/mol. The molecule has 0 saturated heterocycles. The Bertz CT molecular complexity index is 543. The molecule has 0 radical (unpaired) electrons. The maximum atomic E-state index is 11.9. The number of hydrogen-bond donors (Lipinski definition) is 2. The smallest absolute Gasteiger partial charge is 0.246 e. The monoisotopic (exact) mass is 314 g/mol. The van der Waals surface area contributed by atoms with E-state index in [-0.39, 0.29) is 18.6 Å². The Kier molecular flexibility index (Phi) is 7.65. The van der Waals surface area contributed by atoms with Gasteiger partial charge in [0.15, 0.2) is 0 Å². The van der Waals surface area contributed by atoms with Crippen molar-refractivity contribution >= 4 is 5.91 Å². The minimum atomic E-state index is -0.100. The van der Waals surface area contributed by atoms with Crippen molar-refractivity contribution in [2.24, 2.45) is 5.73 Å². The van der Waals surface area contributed by atoms with Crippen molar-refractivity contribution in [1.29, 1.82) is 0 Å². The summed E-state index contributed by atoms with van der Waals surface area (Å²) >= 11 is 0. The number of amides is 1. The predicted octanol–water partition coefficient (Wildman–Crippen LogP) is 2.16. The third-order valence-electron chi connectivity index (χ3n) is 3.89. The van der Waals surface area contributed by atoms with Gasteiger partial charge >= 0.3 is 0 Å². The van der Waals surface area contributed by atoms with Crippen LogP contribution in [0.3, 0.4) is 0 Å². The zero-order valence-corrected chi connectivity index (χ0v) is 13.6. The van der Waals surface area contributed by atoms with Gasteiger partial charge in [-0.25, -0.2) is 0 Å². The Morgan fingerprint density at radius 2 is 2.00 bits per heavy atom. The van der Waals surface area contributed by atoms with Gasteiger partial charge in [0.2, 0.25) is 5.91 Å². The van der Waals surface area contributed by atoms with Crippen LogP contribution in [0.2, 0.25) is 0 Å². The Hall–Kier alpha value is -1.83. The lowest BCUT2D eigenvalue weighted by Gasteiger charge is -2.13. The van der Waals surface area contributed by atoms with Crippen molar-refractivity contribution in [3.8, 4) is 11.8 Å². The first-order chi connectivity index (χ1) is 11.3. The van der Waals surface area contributed by atoms with Crippen LogP contribution in [0.1, 0.15) is 43.2 Å². The predicted molar refractivity (Wildman–Crippen MR) is 91.6 cm³/mol. The van der Waals surface area contributed by atoms with Crippen LogP contribution in [-0.2, 0) is 22.5 Å². The summed E-state index contributed by atoms with van der Waals surface area (Å²) in [5.74, 6) is 6.13. The molecule has 0 bridgehead atoms. The summed E-state index contributed by atoms with van der Waals surface area (Å²) in [6, 6.07) is 8.14. The zero-order valence-electron chi connectivity index (χ0n) is 13.6. The molecule has 1 unspecified atom stereocenters. The van der Waals surface area contributed by atoms with Gasteiger partial charge in [-0.15, -0.1) is 5.92 Å². The van der Waals surface area contributed by atoms with E-state index in [2.05, 4.69) is 29.3 Å². The van der Waals surface area contributed by atoms with Crippen LogP contribution in [-0.4, -0.2) is 25.2 Å². The second-order valence-electron chi connectivity index (χ2n) is 5.85. The minimum Gasteiger partial charge on any atom is -0.356 e. The third kappa shape index (κ3) is 6.85.